The number of hydrogen-bond acceptors (Lipinski definition) is 3. The number of nitrogens with zero attached hydrogens (tertiary/aromatic N) is 1. The van der Waals surface area contributed by atoms with Gasteiger partial charge in [0.15, 0.2) is 0 Å². The molecule has 92 valence electrons. The summed E-state index contributed by atoms with van der Waals surface area (Å²) in [6.45, 7) is 4.34. The lowest BCUT2D eigenvalue weighted by Gasteiger charge is -2.29. The number of hydrogen-bond donors (Lipinski definition) is 2. The minimum Gasteiger partial charge on any atom is -0.480 e. The molecule has 0 radical (unpaired) electrons. The van der Waals surface area contributed by atoms with Gasteiger partial charge in [-0.25, -0.2) is 0 Å². The van der Waals surface area contributed by atoms with Crippen molar-refractivity contribution in [2.45, 2.75) is 27.2 Å². The van der Waals surface area contributed by atoms with Crippen molar-refractivity contribution < 1.29 is 19.5 Å². The molecule has 0 heterocycles. The highest BCUT2D eigenvalue weighted by atomic mass is 16.4. The van der Waals surface area contributed by atoms with E-state index >= 15 is 0 Å². The second kappa shape index (κ2) is 5.48. The summed E-state index contributed by atoms with van der Waals surface area (Å²) in [5.74, 6) is -2.26. The molecule has 0 fully saturated rings. The molecule has 0 aromatic heterocycles. The molecule has 0 rings (SSSR count). The molecule has 0 aliphatic heterocycles. The predicted octanol–water partition coefficient (Wildman–Crippen LogP) is -0.179. The molecule has 0 aromatic carbocycles. The Morgan fingerprint density at radius 1 is 1.25 bits per heavy atom. The van der Waals surface area contributed by atoms with Crippen molar-refractivity contribution in [1.82, 2.24) is 4.90 Å². The molecule has 0 aliphatic rings. The zero-order valence-electron chi connectivity index (χ0n) is 9.82. The number of amides is 2. The van der Waals surface area contributed by atoms with Gasteiger partial charge in [-0.3, -0.25) is 14.4 Å². The molecule has 0 atom stereocenters. The van der Waals surface area contributed by atoms with Crippen LogP contribution in [0.3, 0.4) is 0 Å². The van der Waals surface area contributed by atoms with Gasteiger partial charge in [0.2, 0.25) is 11.8 Å². The van der Waals surface area contributed by atoms with Crippen LogP contribution in [0.1, 0.15) is 27.2 Å². The van der Waals surface area contributed by atoms with Crippen molar-refractivity contribution >= 4 is 17.8 Å². The number of carbonyl (C=O) groups excluding carboxylic acids is 2. The maximum atomic E-state index is 11.9. The molecular formula is C10H18N2O4. The van der Waals surface area contributed by atoms with E-state index in [2.05, 4.69) is 0 Å². The van der Waals surface area contributed by atoms with Gasteiger partial charge >= 0.3 is 5.97 Å². The summed E-state index contributed by atoms with van der Waals surface area (Å²) in [4.78, 5) is 34.2. The van der Waals surface area contributed by atoms with Gasteiger partial charge in [-0.2, -0.15) is 0 Å². The summed E-state index contributed by atoms with van der Waals surface area (Å²) in [5.41, 5.74) is 4.28. The number of aliphatic carboxylic acids is 1. The fraction of sp³-hybridized carbons (Fsp3) is 0.700. The second-order valence-electron chi connectivity index (χ2n) is 4.26. The predicted molar refractivity (Wildman–Crippen MR) is 57.5 cm³/mol. The molecule has 6 heteroatoms. The van der Waals surface area contributed by atoms with Gasteiger partial charge in [-0.05, 0) is 6.42 Å². The highest BCUT2D eigenvalue weighted by molar-refractivity contribution is 5.89. The van der Waals surface area contributed by atoms with Gasteiger partial charge in [0.25, 0.3) is 0 Å². The Labute approximate surface area is 94.4 Å². The SMILES string of the molecule is CCC(C)(C)C(=O)N(CC(N)=O)CC(=O)O. The first-order chi connectivity index (χ1) is 7.20. The summed E-state index contributed by atoms with van der Waals surface area (Å²) in [6, 6.07) is 0. The molecule has 0 saturated heterocycles. The lowest BCUT2D eigenvalue weighted by molar-refractivity contribution is -0.150. The van der Waals surface area contributed by atoms with E-state index in [0.717, 1.165) is 4.90 Å². The van der Waals surface area contributed by atoms with Crippen LogP contribution in [0.15, 0.2) is 0 Å². The van der Waals surface area contributed by atoms with Crippen LogP contribution in [0.5, 0.6) is 0 Å². The molecule has 0 spiro atoms. The molecule has 2 amide bonds. The summed E-state index contributed by atoms with van der Waals surface area (Å²) < 4.78 is 0. The summed E-state index contributed by atoms with van der Waals surface area (Å²) >= 11 is 0. The van der Waals surface area contributed by atoms with Gasteiger partial charge in [0.05, 0.1) is 6.54 Å². The quantitative estimate of drug-likeness (QED) is 0.661. The Balaban J connectivity index is 4.81. The van der Waals surface area contributed by atoms with E-state index < -0.39 is 23.8 Å². The van der Waals surface area contributed by atoms with E-state index in [4.69, 9.17) is 10.8 Å². The Morgan fingerprint density at radius 3 is 2.06 bits per heavy atom. The molecule has 6 nitrogen and oxygen atoms in total. The zero-order chi connectivity index (χ0) is 12.9. The first-order valence-electron chi connectivity index (χ1n) is 5.00. The third kappa shape index (κ3) is 4.29. The van der Waals surface area contributed by atoms with E-state index in [1.807, 2.05) is 6.92 Å². The average molecular weight is 230 g/mol. The topological polar surface area (TPSA) is 101 Å². The first kappa shape index (κ1) is 14.4. The van der Waals surface area contributed by atoms with Crippen LogP contribution >= 0.6 is 0 Å². The van der Waals surface area contributed by atoms with E-state index in [1.54, 1.807) is 13.8 Å². The molecule has 0 aliphatic carbocycles. The number of nitrogens with two attached hydrogens (primary N) is 1. The second-order valence-corrected chi connectivity index (χ2v) is 4.26. The molecule has 16 heavy (non-hydrogen) atoms. The van der Waals surface area contributed by atoms with Gasteiger partial charge in [-0.1, -0.05) is 20.8 Å². The molecular weight excluding hydrogens is 212 g/mol. The third-order valence-corrected chi connectivity index (χ3v) is 2.42. The van der Waals surface area contributed by atoms with E-state index in [0.29, 0.717) is 6.42 Å². The molecule has 3 N–H and O–H groups in total. The fourth-order valence-electron chi connectivity index (χ4n) is 1.13. The highest BCUT2D eigenvalue weighted by Gasteiger charge is 2.31. The lowest BCUT2D eigenvalue weighted by Crippen LogP contribution is -2.47. The van der Waals surface area contributed by atoms with Crippen LogP contribution in [0.2, 0.25) is 0 Å². The van der Waals surface area contributed by atoms with Crippen LogP contribution in [0.25, 0.3) is 0 Å². The maximum Gasteiger partial charge on any atom is 0.323 e. The van der Waals surface area contributed by atoms with Gasteiger partial charge in [-0.15, -0.1) is 0 Å². The van der Waals surface area contributed by atoms with Crippen LogP contribution in [0, 0.1) is 5.41 Å². The molecule has 0 aromatic rings. The smallest absolute Gasteiger partial charge is 0.323 e. The van der Waals surface area contributed by atoms with E-state index in [-0.39, 0.29) is 12.5 Å². The number of carbonyl (C=O) groups is 3. The van der Waals surface area contributed by atoms with E-state index in [9.17, 15) is 14.4 Å². The zero-order valence-corrected chi connectivity index (χ0v) is 9.82. The van der Waals surface area contributed by atoms with Gasteiger partial charge in [0, 0.05) is 5.41 Å². The van der Waals surface area contributed by atoms with Crippen molar-refractivity contribution in [3.63, 3.8) is 0 Å². The monoisotopic (exact) mass is 230 g/mol. The Morgan fingerprint density at radius 2 is 1.75 bits per heavy atom. The highest BCUT2D eigenvalue weighted by Crippen LogP contribution is 2.22. The van der Waals surface area contributed by atoms with Crippen LogP contribution in [0.4, 0.5) is 0 Å². The molecule has 0 unspecified atom stereocenters. The standard InChI is InChI=1S/C10H18N2O4/c1-4-10(2,3)9(16)12(5-7(11)13)6-8(14)15/h4-6H2,1-3H3,(H2,11,13)(H,14,15). The normalized spacial score (nSPS) is 10.9. The first-order valence-corrected chi connectivity index (χ1v) is 5.00. The minimum atomic E-state index is -1.17. The van der Waals surface area contributed by atoms with Gasteiger partial charge in [0.1, 0.15) is 6.54 Å². The summed E-state index contributed by atoms with van der Waals surface area (Å²) in [5, 5.41) is 8.64. The fourth-order valence-corrected chi connectivity index (χ4v) is 1.13. The summed E-state index contributed by atoms with van der Waals surface area (Å²) in [7, 11) is 0. The third-order valence-electron chi connectivity index (χ3n) is 2.42. The lowest BCUT2D eigenvalue weighted by atomic mass is 9.88. The number of rotatable bonds is 6. The van der Waals surface area contributed by atoms with Crippen molar-refractivity contribution in [3.05, 3.63) is 0 Å². The molecule has 0 bridgehead atoms. The van der Waals surface area contributed by atoms with Crippen molar-refractivity contribution in [2.75, 3.05) is 13.1 Å². The van der Waals surface area contributed by atoms with E-state index in [1.165, 1.54) is 0 Å². The summed E-state index contributed by atoms with van der Waals surface area (Å²) in [6.07, 6.45) is 0.556. The number of primary amides is 1. The van der Waals surface area contributed by atoms with Crippen molar-refractivity contribution in [1.29, 1.82) is 0 Å². The maximum absolute atomic E-state index is 11.9. The molecule has 0 saturated carbocycles. The Kier molecular flexibility index (Phi) is 4.94. The van der Waals surface area contributed by atoms with Crippen LogP contribution in [-0.2, 0) is 14.4 Å². The Bertz CT molecular complexity index is 283. The number of carboxylic acid groups (broad SMARTS) is 1. The largest absolute Gasteiger partial charge is 0.480 e. The van der Waals surface area contributed by atoms with Crippen LogP contribution in [-0.4, -0.2) is 40.9 Å². The van der Waals surface area contributed by atoms with Crippen molar-refractivity contribution in [2.24, 2.45) is 11.1 Å². The van der Waals surface area contributed by atoms with Gasteiger partial charge < -0.3 is 15.7 Å². The minimum absolute atomic E-state index is 0.367. The average Bonchev–Trinajstić information content (AvgIpc) is 2.14. The Hall–Kier alpha value is -1.59. The number of carboxylic acids is 1. The van der Waals surface area contributed by atoms with Crippen LogP contribution < -0.4 is 5.73 Å². The van der Waals surface area contributed by atoms with Crippen molar-refractivity contribution in [3.8, 4) is 0 Å².